The van der Waals surface area contributed by atoms with Crippen molar-refractivity contribution in [2.45, 2.75) is 45.6 Å². The summed E-state index contributed by atoms with van der Waals surface area (Å²) in [4.78, 5) is 5.30. The summed E-state index contributed by atoms with van der Waals surface area (Å²) >= 11 is 0. The summed E-state index contributed by atoms with van der Waals surface area (Å²) in [6, 6.07) is 28.9. The number of nitrogens with zero attached hydrogens (tertiary/aromatic N) is 1. The summed E-state index contributed by atoms with van der Waals surface area (Å²) in [5, 5.41) is 6.40. The molecule has 0 atom stereocenters. The van der Waals surface area contributed by atoms with Gasteiger partial charge in [0.2, 0.25) is 0 Å². The number of hydrogen-bond donors (Lipinski definition) is 1. The number of para-hydroxylation sites is 1. The predicted octanol–water partition coefficient (Wildman–Crippen LogP) is 6.15. The molecule has 148 valence electrons. The van der Waals surface area contributed by atoms with Gasteiger partial charge in [0.05, 0.1) is 6.04 Å². The van der Waals surface area contributed by atoms with E-state index in [9.17, 15) is 0 Å². The standard InChI is InChI=1S/C26H29N2P/c1-20-12-16-24(17-13-20)29(25-18-14-21(2)15-19-25)26(28-23-10-6-7-11-23)27-22-8-4-3-5-9-22/h3-5,8-9,12-19,23H,6-7,10-11H2,1-2H3,(H,27,28). The third kappa shape index (κ3) is 5.14. The number of amidine groups is 1. The Labute approximate surface area is 175 Å². The predicted molar refractivity (Wildman–Crippen MR) is 128 cm³/mol. The van der Waals surface area contributed by atoms with E-state index in [1.165, 1.54) is 47.4 Å². The minimum Gasteiger partial charge on any atom is -0.340 e. The fourth-order valence-electron chi connectivity index (χ4n) is 3.78. The van der Waals surface area contributed by atoms with Crippen molar-refractivity contribution in [3.8, 4) is 0 Å². The second-order valence-electron chi connectivity index (χ2n) is 7.89. The number of hydrogen-bond acceptors (Lipinski definition) is 1. The van der Waals surface area contributed by atoms with Crippen LogP contribution in [0.3, 0.4) is 0 Å². The maximum Gasteiger partial charge on any atom is 0.133 e. The number of anilines is 1. The summed E-state index contributed by atoms with van der Waals surface area (Å²) in [6.07, 6.45) is 4.98. The van der Waals surface area contributed by atoms with Crippen LogP contribution in [0.2, 0.25) is 0 Å². The highest BCUT2D eigenvalue weighted by molar-refractivity contribution is 7.88. The molecule has 4 rings (SSSR count). The average molecular weight is 401 g/mol. The van der Waals surface area contributed by atoms with E-state index in [0.717, 1.165) is 11.3 Å². The molecule has 1 aliphatic rings. The van der Waals surface area contributed by atoms with Crippen LogP contribution < -0.4 is 15.9 Å². The Morgan fingerprint density at radius 1 is 0.759 bits per heavy atom. The van der Waals surface area contributed by atoms with Crippen LogP contribution in [0.1, 0.15) is 36.8 Å². The van der Waals surface area contributed by atoms with Gasteiger partial charge in [-0.3, -0.25) is 4.99 Å². The average Bonchev–Trinajstić information content (AvgIpc) is 3.25. The van der Waals surface area contributed by atoms with Gasteiger partial charge < -0.3 is 5.32 Å². The number of aliphatic imine (C=N–C) groups is 1. The van der Waals surface area contributed by atoms with Crippen LogP contribution in [0.25, 0.3) is 0 Å². The molecule has 1 aliphatic carbocycles. The lowest BCUT2D eigenvalue weighted by atomic mass is 10.2. The van der Waals surface area contributed by atoms with Gasteiger partial charge in [-0.1, -0.05) is 90.7 Å². The fraction of sp³-hybridized carbons (Fsp3) is 0.269. The van der Waals surface area contributed by atoms with Gasteiger partial charge in [0.25, 0.3) is 0 Å². The molecule has 2 nitrogen and oxygen atoms in total. The zero-order valence-electron chi connectivity index (χ0n) is 17.3. The number of rotatable bonds is 5. The molecular weight excluding hydrogens is 371 g/mol. The summed E-state index contributed by atoms with van der Waals surface area (Å²) in [7, 11) is -0.740. The summed E-state index contributed by atoms with van der Waals surface area (Å²) in [5.41, 5.74) is 4.80. The van der Waals surface area contributed by atoms with Crippen molar-refractivity contribution in [2.24, 2.45) is 4.99 Å². The molecule has 3 heteroatoms. The van der Waals surface area contributed by atoms with E-state index in [1.807, 2.05) is 0 Å². The Morgan fingerprint density at radius 2 is 1.28 bits per heavy atom. The first-order valence-electron chi connectivity index (χ1n) is 10.5. The number of nitrogens with one attached hydrogen (secondary N) is 1. The second kappa shape index (κ2) is 9.37. The minimum atomic E-state index is -0.740. The fourth-order valence-corrected chi connectivity index (χ4v) is 5.99. The van der Waals surface area contributed by atoms with Gasteiger partial charge in [-0.2, -0.15) is 0 Å². The van der Waals surface area contributed by atoms with Gasteiger partial charge in [-0.05, 0) is 49.4 Å². The van der Waals surface area contributed by atoms with Gasteiger partial charge in [-0.25, -0.2) is 0 Å². The van der Waals surface area contributed by atoms with Crippen molar-refractivity contribution in [1.82, 2.24) is 0 Å². The summed E-state index contributed by atoms with van der Waals surface area (Å²) in [5.74, 6) is 0. The van der Waals surface area contributed by atoms with Crippen LogP contribution in [0, 0.1) is 13.8 Å². The van der Waals surface area contributed by atoms with E-state index in [4.69, 9.17) is 4.99 Å². The van der Waals surface area contributed by atoms with Gasteiger partial charge in [0.15, 0.2) is 0 Å². The molecule has 0 unspecified atom stereocenters. The molecular formula is C26H29N2P. The van der Waals surface area contributed by atoms with E-state index in [1.54, 1.807) is 0 Å². The van der Waals surface area contributed by atoms with Crippen molar-refractivity contribution in [1.29, 1.82) is 0 Å². The zero-order chi connectivity index (χ0) is 20.1. The molecule has 0 saturated heterocycles. The Hall–Kier alpha value is -2.44. The topological polar surface area (TPSA) is 24.4 Å². The maximum absolute atomic E-state index is 5.30. The maximum atomic E-state index is 5.30. The molecule has 1 fully saturated rings. The second-order valence-corrected chi connectivity index (χ2v) is 10.0. The quantitative estimate of drug-likeness (QED) is 0.310. The van der Waals surface area contributed by atoms with Crippen LogP contribution in [-0.4, -0.2) is 11.6 Å². The molecule has 0 amide bonds. The van der Waals surface area contributed by atoms with Gasteiger partial charge in [0.1, 0.15) is 5.58 Å². The first kappa shape index (κ1) is 19.9. The van der Waals surface area contributed by atoms with Crippen LogP contribution in [0.5, 0.6) is 0 Å². The molecule has 0 aromatic heterocycles. The molecule has 29 heavy (non-hydrogen) atoms. The lowest BCUT2D eigenvalue weighted by molar-refractivity contribution is 0.709. The molecule has 0 radical (unpaired) electrons. The van der Waals surface area contributed by atoms with Crippen molar-refractivity contribution in [3.05, 3.63) is 90.0 Å². The Bertz CT molecular complexity index is 895. The van der Waals surface area contributed by atoms with Gasteiger partial charge in [0, 0.05) is 13.6 Å². The van der Waals surface area contributed by atoms with E-state index in [2.05, 4.69) is 98.0 Å². The number of benzene rings is 3. The Kier molecular flexibility index (Phi) is 6.42. The lowest BCUT2D eigenvalue weighted by Gasteiger charge is -2.24. The highest BCUT2D eigenvalue weighted by atomic mass is 31.1. The molecule has 0 spiro atoms. The SMILES string of the molecule is Cc1ccc(P(C(=NC2CCCC2)Nc2ccccc2)c2ccc(C)cc2)cc1. The zero-order valence-corrected chi connectivity index (χ0v) is 18.2. The molecule has 1 saturated carbocycles. The molecule has 3 aromatic rings. The van der Waals surface area contributed by atoms with Crippen LogP contribution in [0.4, 0.5) is 5.69 Å². The van der Waals surface area contributed by atoms with Crippen molar-refractivity contribution in [2.75, 3.05) is 5.32 Å². The van der Waals surface area contributed by atoms with E-state index >= 15 is 0 Å². The highest BCUT2D eigenvalue weighted by Crippen LogP contribution is 2.38. The van der Waals surface area contributed by atoms with Crippen molar-refractivity contribution >= 4 is 29.8 Å². The molecule has 0 heterocycles. The summed E-state index contributed by atoms with van der Waals surface area (Å²) in [6.45, 7) is 4.29. The smallest absolute Gasteiger partial charge is 0.133 e. The monoisotopic (exact) mass is 400 g/mol. The third-order valence-corrected chi connectivity index (χ3v) is 7.74. The van der Waals surface area contributed by atoms with Gasteiger partial charge >= 0.3 is 0 Å². The van der Waals surface area contributed by atoms with E-state index in [0.29, 0.717) is 6.04 Å². The van der Waals surface area contributed by atoms with Crippen LogP contribution in [0.15, 0.2) is 83.9 Å². The molecule has 0 bridgehead atoms. The van der Waals surface area contributed by atoms with Crippen LogP contribution >= 0.6 is 7.92 Å². The highest BCUT2D eigenvalue weighted by Gasteiger charge is 2.24. The van der Waals surface area contributed by atoms with Crippen molar-refractivity contribution < 1.29 is 0 Å². The normalized spacial score (nSPS) is 15.1. The Balaban J connectivity index is 1.79. The van der Waals surface area contributed by atoms with Crippen LogP contribution in [-0.2, 0) is 0 Å². The third-order valence-electron chi connectivity index (χ3n) is 5.46. The first-order chi connectivity index (χ1) is 14.2. The largest absolute Gasteiger partial charge is 0.340 e. The van der Waals surface area contributed by atoms with E-state index < -0.39 is 7.92 Å². The summed E-state index contributed by atoms with van der Waals surface area (Å²) < 4.78 is 0. The number of aryl methyl sites for hydroxylation is 2. The molecule has 0 aliphatic heterocycles. The Morgan fingerprint density at radius 3 is 1.79 bits per heavy atom. The molecule has 3 aromatic carbocycles. The first-order valence-corrected chi connectivity index (χ1v) is 11.9. The minimum absolute atomic E-state index is 0.433. The lowest BCUT2D eigenvalue weighted by Crippen LogP contribution is -2.25. The van der Waals surface area contributed by atoms with Crippen molar-refractivity contribution in [3.63, 3.8) is 0 Å². The molecule has 1 N–H and O–H groups in total. The van der Waals surface area contributed by atoms with E-state index in [-0.39, 0.29) is 0 Å². The van der Waals surface area contributed by atoms with Gasteiger partial charge in [-0.15, -0.1) is 0 Å².